The maximum atomic E-state index is 12.5. The maximum Gasteiger partial charge on any atom is 0.265 e. The summed E-state index contributed by atoms with van der Waals surface area (Å²) in [5, 5.41) is 2.92. The van der Waals surface area contributed by atoms with Crippen molar-refractivity contribution >= 4 is 23.4 Å². The van der Waals surface area contributed by atoms with Crippen LogP contribution in [0.3, 0.4) is 0 Å². The standard InChI is InChI=1S/C24H25NO2S/c1-17-9-14-23(18(2)15-17)27-19(3)24(26)25-21-12-10-20(11-13-21)16-28-22-7-5-4-6-8-22/h4-15,19H,16H2,1-3H3,(H,25,26)/t19-/m0/s1. The number of carbonyl (C=O) groups is 1. The highest BCUT2D eigenvalue weighted by molar-refractivity contribution is 7.98. The van der Waals surface area contributed by atoms with Crippen LogP contribution in [0, 0.1) is 13.8 Å². The van der Waals surface area contributed by atoms with Gasteiger partial charge in [-0.2, -0.15) is 0 Å². The van der Waals surface area contributed by atoms with E-state index >= 15 is 0 Å². The Bertz CT molecular complexity index is 923. The zero-order valence-electron chi connectivity index (χ0n) is 16.4. The largest absolute Gasteiger partial charge is 0.481 e. The molecule has 4 heteroatoms. The molecule has 0 aromatic heterocycles. The zero-order chi connectivity index (χ0) is 19.9. The van der Waals surface area contributed by atoms with Gasteiger partial charge in [-0.05, 0) is 62.2 Å². The first-order chi connectivity index (χ1) is 13.5. The minimum Gasteiger partial charge on any atom is -0.481 e. The van der Waals surface area contributed by atoms with Crippen LogP contribution in [0.5, 0.6) is 5.75 Å². The highest BCUT2D eigenvalue weighted by atomic mass is 32.2. The molecular weight excluding hydrogens is 366 g/mol. The molecule has 0 saturated heterocycles. The Hall–Kier alpha value is -2.72. The number of aryl methyl sites for hydroxylation is 2. The first-order valence-corrected chi connectivity index (χ1v) is 10.3. The predicted octanol–water partition coefficient (Wildman–Crippen LogP) is 6.00. The number of thioether (sulfide) groups is 1. The minimum atomic E-state index is -0.574. The average molecular weight is 392 g/mol. The smallest absolute Gasteiger partial charge is 0.265 e. The number of carbonyl (C=O) groups excluding carboxylic acids is 1. The van der Waals surface area contributed by atoms with Crippen LogP contribution in [-0.4, -0.2) is 12.0 Å². The second-order valence-electron chi connectivity index (χ2n) is 6.82. The Labute approximate surface area is 171 Å². The van der Waals surface area contributed by atoms with Crippen molar-refractivity contribution in [2.24, 2.45) is 0 Å². The minimum absolute atomic E-state index is 0.161. The van der Waals surface area contributed by atoms with Gasteiger partial charge in [0.05, 0.1) is 0 Å². The summed E-state index contributed by atoms with van der Waals surface area (Å²) in [6.45, 7) is 5.79. The van der Waals surface area contributed by atoms with Crippen LogP contribution >= 0.6 is 11.8 Å². The fraction of sp³-hybridized carbons (Fsp3) is 0.208. The molecule has 0 saturated carbocycles. The maximum absolute atomic E-state index is 12.5. The molecule has 28 heavy (non-hydrogen) atoms. The van der Waals surface area contributed by atoms with E-state index in [1.54, 1.807) is 18.7 Å². The van der Waals surface area contributed by atoms with E-state index in [0.29, 0.717) is 0 Å². The van der Waals surface area contributed by atoms with Crippen LogP contribution in [0.1, 0.15) is 23.6 Å². The van der Waals surface area contributed by atoms with E-state index in [-0.39, 0.29) is 5.91 Å². The number of anilines is 1. The number of hydrogen-bond acceptors (Lipinski definition) is 3. The van der Waals surface area contributed by atoms with E-state index in [0.717, 1.165) is 22.8 Å². The van der Waals surface area contributed by atoms with Gasteiger partial charge in [-0.15, -0.1) is 11.8 Å². The lowest BCUT2D eigenvalue weighted by atomic mass is 10.1. The molecule has 1 amide bonds. The van der Waals surface area contributed by atoms with Crippen LogP contribution in [0.2, 0.25) is 0 Å². The number of rotatable bonds is 7. The monoisotopic (exact) mass is 391 g/mol. The fourth-order valence-corrected chi connectivity index (χ4v) is 3.66. The summed E-state index contributed by atoms with van der Waals surface area (Å²) in [6.07, 6.45) is -0.574. The quantitative estimate of drug-likeness (QED) is 0.502. The van der Waals surface area contributed by atoms with Crippen molar-refractivity contribution in [3.05, 3.63) is 89.5 Å². The molecule has 3 rings (SSSR count). The number of benzene rings is 3. The Morgan fingerprint density at radius 2 is 1.71 bits per heavy atom. The lowest BCUT2D eigenvalue weighted by Crippen LogP contribution is -2.30. The molecule has 1 atom stereocenters. The van der Waals surface area contributed by atoms with Crippen molar-refractivity contribution < 1.29 is 9.53 Å². The molecular formula is C24H25NO2S. The molecule has 1 N–H and O–H groups in total. The number of hydrogen-bond donors (Lipinski definition) is 1. The van der Waals surface area contributed by atoms with Gasteiger partial charge in [0.25, 0.3) is 5.91 Å². The molecule has 144 valence electrons. The first-order valence-electron chi connectivity index (χ1n) is 9.33. The van der Waals surface area contributed by atoms with Crippen molar-refractivity contribution in [1.29, 1.82) is 0 Å². The Balaban J connectivity index is 1.53. The Kier molecular flexibility index (Phi) is 6.77. The summed E-state index contributed by atoms with van der Waals surface area (Å²) in [7, 11) is 0. The molecule has 3 aromatic rings. The van der Waals surface area contributed by atoms with Crippen molar-refractivity contribution in [2.75, 3.05) is 5.32 Å². The second kappa shape index (κ2) is 9.47. The third-order valence-corrected chi connectivity index (χ3v) is 5.46. The van der Waals surface area contributed by atoms with E-state index in [9.17, 15) is 4.79 Å². The third-order valence-electron chi connectivity index (χ3n) is 4.37. The van der Waals surface area contributed by atoms with Crippen LogP contribution < -0.4 is 10.1 Å². The highest BCUT2D eigenvalue weighted by Crippen LogP contribution is 2.23. The molecule has 0 aliphatic carbocycles. The van der Waals surface area contributed by atoms with E-state index < -0.39 is 6.10 Å². The van der Waals surface area contributed by atoms with Crippen LogP contribution in [0.25, 0.3) is 0 Å². The summed E-state index contributed by atoms with van der Waals surface area (Å²) in [5.74, 6) is 1.47. The summed E-state index contributed by atoms with van der Waals surface area (Å²) < 4.78 is 5.83. The molecule has 0 heterocycles. The van der Waals surface area contributed by atoms with Gasteiger partial charge in [-0.1, -0.05) is 48.0 Å². The summed E-state index contributed by atoms with van der Waals surface area (Å²) in [5.41, 5.74) is 4.19. The molecule has 0 unspecified atom stereocenters. The van der Waals surface area contributed by atoms with Gasteiger partial charge in [0, 0.05) is 16.3 Å². The zero-order valence-corrected chi connectivity index (χ0v) is 17.3. The molecule has 0 radical (unpaired) electrons. The number of amides is 1. The van der Waals surface area contributed by atoms with Crippen molar-refractivity contribution in [2.45, 2.75) is 37.5 Å². The third kappa shape index (κ3) is 5.64. The molecule has 3 aromatic carbocycles. The van der Waals surface area contributed by atoms with Crippen LogP contribution in [-0.2, 0) is 10.5 Å². The average Bonchev–Trinajstić information content (AvgIpc) is 2.70. The van der Waals surface area contributed by atoms with Crippen LogP contribution in [0.15, 0.2) is 77.7 Å². The molecule has 3 nitrogen and oxygen atoms in total. The van der Waals surface area contributed by atoms with Crippen molar-refractivity contribution in [3.8, 4) is 5.75 Å². The Morgan fingerprint density at radius 3 is 2.39 bits per heavy atom. The van der Waals surface area contributed by atoms with Crippen molar-refractivity contribution in [3.63, 3.8) is 0 Å². The van der Waals surface area contributed by atoms with Gasteiger partial charge in [0.2, 0.25) is 0 Å². The highest BCUT2D eigenvalue weighted by Gasteiger charge is 2.16. The van der Waals surface area contributed by atoms with Gasteiger partial charge in [-0.3, -0.25) is 4.79 Å². The second-order valence-corrected chi connectivity index (χ2v) is 7.87. The van der Waals surface area contributed by atoms with E-state index in [1.165, 1.54) is 16.0 Å². The molecule has 0 aliphatic heterocycles. The number of nitrogens with one attached hydrogen (secondary N) is 1. The van der Waals surface area contributed by atoms with Gasteiger partial charge in [0.1, 0.15) is 5.75 Å². The summed E-state index contributed by atoms with van der Waals surface area (Å²) >= 11 is 1.79. The molecule has 0 bridgehead atoms. The van der Waals surface area contributed by atoms with Gasteiger partial charge >= 0.3 is 0 Å². The van der Waals surface area contributed by atoms with E-state index in [1.807, 2.05) is 74.5 Å². The first kappa shape index (κ1) is 20.0. The topological polar surface area (TPSA) is 38.3 Å². The summed E-state index contributed by atoms with van der Waals surface area (Å²) in [6, 6.07) is 24.2. The lowest BCUT2D eigenvalue weighted by Gasteiger charge is -2.16. The van der Waals surface area contributed by atoms with Crippen LogP contribution in [0.4, 0.5) is 5.69 Å². The van der Waals surface area contributed by atoms with E-state index in [4.69, 9.17) is 4.74 Å². The molecule has 0 aliphatic rings. The molecule has 0 fully saturated rings. The lowest BCUT2D eigenvalue weighted by molar-refractivity contribution is -0.122. The summed E-state index contributed by atoms with van der Waals surface area (Å²) in [4.78, 5) is 13.7. The van der Waals surface area contributed by atoms with Gasteiger partial charge < -0.3 is 10.1 Å². The van der Waals surface area contributed by atoms with Crippen molar-refractivity contribution in [1.82, 2.24) is 0 Å². The van der Waals surface area contributed by atoms with Gasteiger partial charge in [-0.25, -0.2) is 0 Å². The van der Waals surface area contributed by atoms with E-state index in [2.05, 4.69) is 17.4 Å². The number of ether oxygens (including phenoxy) is 1. The Morgan fingerprint density at radius 1 is 1.00 bits per heavy atom. The molecule has 0 spiro atoms. The van der Waals surface area contributed by atoms with Gasteiger partial charge in [0.15, 0.2) is 6.10 Å². The normalized spacial score (nSPS) is 11.7. The fourth-order valence-electron chi connectivity index (χ4n) is 2.79. The SMILES string of the molecule is Cc1ccc(O[C@@H](C)C(=O)Nc2ccc(CSc3ccccc3)cc2)c(C)c1. The predicted molar refractivity (Wildman–Crippen MR) is 117 cm³/mol.